The van der Waals surface area contributed by atoms with Crippen molar-refractivity contribution in [1.82, 2.24) is 10.2 Å². The van der Waals surface area contributed by atoms with E-state index in [-0.39, 0.29) is 6.04 Å². The van der Waals surface area contributed by atoms with Gasteiger partial charge in [0.1, 0.15) is 0 Å². The zero-order valence-electron chi connectivity index (χ0n) is 11.7. The van der Waals surface area contributed by atoms with Crippen LogP contribution in [0.5, 0.6) is 0 Å². The largest absolute Gasteiger partial charge is 0.316 e. The van der Waals surface area contributed by atoms with Crippen LogP contribution in [0.15, 0.2) is 0 Å². The molecule has 0 aliphatic carbocycles. The van der Waals surface area contributed by atoms with Crippen molar-refractivity contribution >= 4 is 9.84 Å². The molecule has 3 rings (SSSR count). The minimum atomic E-state index is -2.78. The Balaban J connectivity index is 1.67. The molecule has 3 heterocycles. The van der Waals surface area contributed by atoms with Crippen LogP contribution in [0, 0.1) is 5.41 Å². The summed E-state index contributed by atoms with van der Waals surface area (Å²) in [5.74, 6) is 0.806. The average molecular weight is 286 g/mol. The van der Waals surface area contributed by atoms with E-state index in [4.69, 9.17) is 0 Å². The topological polar surface area (TPSA) is 49.4 Å². The van der Waals surface area contributed by atoms with Crippen LogP contribution in [-0.4, -0.2) is 57.0 Å². The zero-order valence-corrected chi connectivity index (χ0v) is 12.6. The third-order valence-electron chi connectivity index (χ3n) is 5.21. The maximum Gasteiger partial charge on any atom is 0.151 e. The van der Waals surface area contributed by atoms with E-state index in [1.807, 2.05) is 0 Å². The van der Waals surface area contributed by atoms with Gasteiger partial charge in [0.15, 0.2) is 9.84 Å². The van der Waals surface area contributed by atoms with Gasteiger partial charge in [-0.15, -0.1) is 0 Å². The van der Waals surface area contributed by atoms with E-state index in [2.05, 4.69) is 10.2 Å². The van der Waals surface area contributed by atoms with E-state index in [1.165, 1.54) is 25.7 Å². The molecule has 3 aliphatic heterocycles. The molecule has 2 atom stereocenters. The van der Waals surface area contributed by atoms with Crippen molar-refractivity contribution in [2.24, 2.45) is 5.41 Å². The number of piperidine rings is 2. The van der Waals surface area contributed by atoms with Gasteiger partial charge in [0.05, 0.1) is 11.5 Å². The molecule has 0 radical (unpaired) electrons. The Morgan fingerprint density at radius 2 is 2.00 bits per heavy atom. The Morgan fingerprint density at radius 3 is 2.74 bits per heavy atom. The van der Waals surface area contributed by atoms with Gasteiger partial charge in [0.25, 0.3) is 0 Å². The Kier molecular flexibility index (Phi) is 3.89. The molecule has 1 spiro atoms. The first-order valence-electron chi connectivity index (χ1n) is 7.74. The van der Waals surface area contributed by atoms with Crippen molar-refractivity contribution < 1.29 is 8.42 Å². The first-order valence-corrected chi connectivity index (χ1v) is 9.56. The number of hydrogen-bond donors (Lipinski definition) is 1. The van der Waals surface area contributed by atoms with Crippen LogP contribution in [0.2, 0.25) is 0 Å². The molecule has 0 aromatic heterocycles. The maximum atomic E-state index is 11.8. The predicted octanol–water partition coefficient (Wildman–Crippen LogP) is 1.03. The molecule has 0 bridgehead atoms. The lowest BCUT2D eigenvalue weighted by Crippen LogP contribution is -2.55. The summed E-state index contributed by atoms with van der Waals surface area (Å²) in [6.45, 7) is 4.49. The molecule has 0 saturated carbocycles. The van der Waals surface area contributed by atoms with Crippen molar-refractivity contribution in [2.75, 3.05) is 37.7 Å². The molecular weight excluding hydrogens is 260 g/mol. The monoisotopic (exact) mass is 286 g/mol. The number of nitrogens with one attached hydrogen (secondary N) is 1. The first kappa shape index (κ1) is 13.8. The Labute approximate surface area is 116 Å². The first-order chi connectivity index (χ1) is 9.09. The standard InChI is InChI=1S/C14H26N2O2S/c17-19(18)9-1-4-13(10-19)16-8-3-6-14(12-16)5-2-7-15-11-14/h13,15H,1-12H2. The van der Waals surface area contributed by atoms with Crippen LogP contribution in [0.25, 0.3) is 0 Å². The second-order valence-electron chi connectivity index (χ2n) is 6.76. The molecule has 2 unspecified atom stereocenters. The molecule has 0 amide bonds. The van der Waals surface area contributed by atoms with Crippen molar-refractivity contribution in [3.8, 4) is 0 Å². The number of nitrogens with zero attached hydrogens (tertiary/aromatic N) is 1. The van der Waals surface area contributed by atoms with Crippen molar-refractivity contribution in [3.05, 3.63) is 0 Å². The van der Waals surface area contributed by atoms with Crippen LogP contribution >= 0.6 is 0 Å². The smallest absolute Gasteiger partial charge is 0.151 e. The van der Waals surface area contributed by atoms with Gasteiger partial charge < -0.3 is 5.32 Å². The Morgan fingerprint density at radius 1 is 1.16 bits per heavy atom. The normalized spacial score (nSPS) is 40.3. The summed E-state index contributed by atoms with van der Waals surface area (Å²) in [6.07, 6.45) is 7.07. The van der Waals surface area contributed by atoms with Gasteiger partial charge in [-0.05, 0) is 57.0 Å². The van der Waals surface area contributed by atoms with Gasteiger partial charge in [-0.1, -0.05) is 0 Å². The molecule has 4 nitrogen and oxygen atoms in total. The molecule has 110 valence electrons. The highest BCUT2D eigenvalue weighted by atomic mass is 32.2. The summed E-state index contributed by atoms with van der Waals surface area (Å²) in [5.41, 5.74) is 0.428. The molecular formula is C14H26N2O2S. The lowest BCUT2D eigenvalue weighted by Gasteiger charge is -2.48. The van der Waals surface area contributed by atoms with Crippen molar-refractivity contribution in [3.63, 3.8) is 0 Å². The molecule has 19 heavy (non-hydrogen) atoms. The highest BCUT2D eigenvalue weighted by Gasteiger charge is 2.40. The summed E-state index contributed by atoms with van der Waals surface area (Å²) in [5, 5.41) is 3.54. The minimum absolute atomic E-state index is 0.290. The number of sulfone groups is 1. The van der Waals surface area contributed by atoms with E-state index >= 15 is 0 Å². The molecule has 0 aromatic carbocycles. The molecule has 3 aliphatic rings. The van der Waals surface area contributed by atoms with Gasteiger partial charge in [0.2, 0.25) is 0 Å². The SMILES string of the molecule is O=S1(=O)CCCC(N2CCCC3(CCCNC3)C2)C1. The fourth-order valence-electron chi connectivity index (χ4n) is 4.22. The number of rotatable bonds is 1. The average Bonchev–Trinajstić information content (AvgIpc) is 2.38. The fourth-order valence-corrected chi connectivity index (χ4v) is 5.96. The fraction of sp³-hybridized carbons (Fsp3) is 1.00. The lowest BCUT2D eigenvalue weighted by molar-refractivity contribution is 0.0395. The molecule has 5 heteroatoms. The van der Waals surface area contributed by atoms with E-state index in [1.54, 1.807) is 0 Å². The number of hydrogen-bond acceptors (Lipinski definition) is 4. The summed E-state index contributed by atoms with van der Waals surface area (Å²) in [7, 11) is -2.78. The van der Waals surface area contributed by atoms with Crippen LogP contribution in [0.1, 0.15) is 38.5 Å². The highest BCUT2D eigenvalue weighted by molar-refractivity contribution is 7.91. The second kappa shape index (κ2) is 5.34. The van der Waals surface area contributed by atoms with E-state index < -0.39 is 9.84 Å². The third kappa shape index (κ3) is 3.14. The third-order valence-corrected chi connectivity index (χ3v) is 7.01. The molecule has 3 saturated heterocycles. The zero-order chi connectivity index (χ0) is 13.3. The van der Waals surface area contributed by atoms with Crippen molar-refractivity contribution in [1.29, 1.82) is 0 Å². The maximum absolute atomic E-state index is 11.8. The quantitative estimate of drug-likeness (QED) is 0.782. The second-order valence-corrected chi connectivity index (χ2v) is 8.99. The van der Waals surface area contributed by atoms with Gasteiger partial charge in [0, 0.05) is 19.1 Å². The summed E-state index contributed by atoms with van der Waals surface area (Å²) in [6, 6.07) is 0.290. The van der Waals surface area contributed by atoms with E-state index in [0.717, 1.165) is 39.0 Å². The highest BCUT2D eigenvalue weighted by Crippen LogP contribution is 2.37. The Bertz CT molecular complexity index is 410. The van der Waals surface area contributed by atoms with Crippen LogP contribution < -0.4 is 5.32 Å². The van der Waals surface area contributed by atoms with Crippen molar-refractivity contribution in [2.45, 2.75) is 44.6 Å². The predicted molar refractivity (Wildman–Crippen MR) is 77.0 cm³/mol. The summed E-state index contributed by atoms with van der Waals surface area (Å²) in [4.78, 5) is 2.49. The summed E-state index contributed by atoms with van der Waals surface area (Å²) < 4.78 is 23.7. The number of likely N-dealkylation sites (tertiary alicyclic amines) is 1. The van der Waals surface area contributed by atoms with E-state index in [9.17, 15) is 8.42 Å². The van der Waals surface area contributed by atoms with Gasteiger partial charge in [-0.3, -0.25) is 4.90 Å². The summed E-state index contributed by atoms with van der Waals surface area (Å²) >= 11 is 0. The Hall–Kier alpha value is -0.130. The van der Waals surface area contributed by atoms with Gasteiger partial charge in [-0.2, -0.15) is 0 Å². The van der Waals surface area contributed by atoms with Crippen LogP contribution in [0.4, 0.5) is 0 Å². The van der Waals surface area contributed by atoms with E-state index in [0.29, 0.717) is 16.9 Å². The molecule has 3 fully saturated rings. The molecule has 1 N–H and O–H groups in total. The van der Waals surface area contributed by atoms with Crippen LogP contribution in [-0.2, 0) is 9.84 Å². The molecule has 0 aromatic rings. The minimum Gasteiger partial charge on any atom is -0.316 e. The van der Waals surface area contributed by atoms with Gasteiger partial charge >= 0.3 is 0 Å². The lowest BCUT2D eigenvalue weighted by atomic mass is 9.74. The van der Waals surface area contributed by atoms with Gasteiger partial charge in [-0.25, -0.2) is 8.42 Å². The van der Waals surface area contributed by atoms with Crippen LogP contribution in [0.3, 0.4) is 0 Å².